The van der Waals surface area contributed by atoms with Crippen molar-refractivity contribution in [3.05, 3.63) is 46.5 Å². The Morgan fingerprint density at radius 3 is 2.57 bits per heavy atom. The maximum Gasteiger partial charge on any atom is 0.409 e. The maximum absolute atomic E-state index is 14.3. The van der Waals surface area contributed by atoms with Gasteiger partial charge in [-0.15, -0.1) is 0 Å². The molecule has 4 amide bonds. The van der Waals surface area contributed by atoms with E-state index in [1.807, 2.05) is 26.8 Å². The first-order valence-electron chi connectivity index (χ1n) is 20.5. The number of hydrogen-bond donors (Lipinski definition) is 3. The molecule has 0 aromatic heterocycles. The minimum Gasteiger partial charge on any atom is -0.495 e. The van der Waals surface area contributed by atoms with Crippen molar-refractivity contribution in [3.8, 4) is 5.75 Å². The number of nitrogens with one attached hydrogen (secondary N) is 2. The van der Waals surface area contributed by atoms with Gasteiger partial charge in [0.05, 0.1) is 25.3 Å². The summed E-state index contributed by atoms with van der Waals surface area (Å²) in [5.41, 5.74) is -0.978. The van der Waals surface area contributed by atoms with Crippen LogP contribution in [-0.4, -0.2) is 127 Å². The smallest absolute Gasteiger partial charge is 0.409 e. The van der Waals surface area contributed by atoms with E-state index < -0.39 is 65.7 Å². The molecule has 61 heavy (non-hydrogen) atoms. The summed E-state index contributed by atoms with van der Waals surface area (Å²) in [7, 11) is 11.0. The second-order valence-electron chi connectivity index (χ2n) is 16.8. The van der Waals surface area contributed by atoms with E-state index in [0.717, 1.165) is 23.3 Å². The molecule has 15 nitrogen and oxygen atoms in total. The third kappa shape index (κ3) is 12.8. The Kier molecular flexibility index (Phi) is 17.5. The Morgan fingerprint density at radius 1 is 1.21 bits per heavy atom. The third-order valence-corrected chi connectivity index (χ3v) is 15.5. The summed E-state index contributed by atoms with van der Waals surface area (Å²) in [6.45, 7) is 11.1. The summed E-state index contributed by atoms with van der Waals surface area (Å²) in [5.74, 6) is -0.817. The van der Waals surface area contributed by atoms with E-state index in [0.29, 0.717) is 30.7 Å². The summed E-state index contributed by atoms with van der Waals surface area (Å²) in [4.78, 5) is 69.0. The van der Waals surface area contributed by atoms with Gasteiger partial charge in [-0.3, -0.25) is 19.7 Å². The predicted octanol–water partition coefficient (Wildman–Crippen LogP) is 5.98. The number of alkyl carbamates (subject to hydrolysis) is 1. The second kappa shape index (κ2) is 21.3. The van der Waals surface area contributed by atoms with Crippen LogP contribution < -0.4 is 20.3 Å². The average Bonchev–Trinajstić information content (AvgIpc) is 3.91. The van der Waals surface area contributed by atoms with Gasteiger partial charge in [-0.25, -0.2) is 9.59 Å². The van der Waals surface area contributed by atoms with Crippen LogP contribution in [0.3, 0.4) is 0 Å². The van der Waals surface area contributed by atoms with E-state index in [4.69, 9.17) is 35.3 Å². The number of carbonyl (C=O) groups is 5. The molecule has 3 N–H and O–H groups in total. The second-order valence-corrected chi connectivity index (χ2v) is 20.3. The first-order valence-corrected chi connectivity index (χ1v) is 23.1. The number of ether oxygens (including phenoxy) is 5. The third-order valence-electron chi connectivity index (χ3n) is 11.7. The number of esters is 1. The summed E-state index contributed by atoms with van der Waals surface area (Å²) in [6.07, 6.45) is 2.74. The van der Waals surface area contributed by atoms with Crippen LogP contribution in [0.15, 0.2) is 35.9 Å². The van der Waals surface area contributed by atoms with Gasteiger partial charge in [0.25, 0.3) is 0 Å². The number of likely N-dealkylation sites (N-methyl/N-ethyl adjacent to an activating group) is 1. The first kappa shape index (κ1) is 50.2. The molecule has 3 heterocycles. The highest BCUT2D eigenvalue weighted by Crippen LogP contribution is 2.49. The lowest BCUT2D eigenvalue weighted by atomic mass is 9.83. The lowest BCUT2D eigenvalue weighted by Crippen LogP contribution is -2.63. The van der Waals surface area contributed by atoms with Gasteiger partial charge < -0.3 is 43.9 Å². The fourth-order valence-corrected chi connectivity index (χ4v) is 10.4. The van der Waals surface area contributed by atoms with Crippen molar-refractivity contribution in [2.45, 2.75) is 133 Å². The zero-order valence-corrected chi connectivity index (χ0v) is 39.5. The van der Waals surface area contributed by atoms with E-state index >= 15 is 0 Å². The van der Waals surface area contributed by atoms with Gasteiger partial charge in [-0.2, -0.15) is 0 Å². The number of nitrogens with zero attached hydrogens (tertiary/aromatic N) is 2. The van der Waals surface area contributed by atoms with Crippen molar-refractivity contribution in [3.63, 3.8) is 0 Å². The number of anilines is 1. The molecular formula is C43H63ClN4O11S2. The van der Waals surface area contributed by atoms with Crippen LogP contribution in [0.5, 0.6) is 5.75 Å². The van der Waals surface area contributed by atoms with Gasteiger partial charge in [0.2, 0.25) is 17.7 Å². The number of hydrogen-bond acceptors (Lipinski definition) is 13. The molecule has 2 fully saturated rings. The summed E-state index contributed by atoms with van der Waals surface area (Å²) in [6, 6.07) is 2.57. The summed E-state index contributed by atoms with van der Waals surface area (Å²) < 4.78 is 29.2. The van der Waals surface area contributed by atoms with Crippen molar-refractivity contribution in [1.82, 2.24) is 15.5 Å². The number of carbonyl (C=O) groups excluding carboxylic acids is 5. The quantitative estimate of drug-likeness (QED) is 0.0858. The highest BCUT2D eigenvalue weighted by Gasteiger charge is 2.64. The van der Waals surface area contributed by atoms with Crippen molar-refractivity contribution < 1.29 is 52.8 Å². The fourth-order valence-electron chi connectivity index (χ4n) is 7.46. The van der Waals surface area contributed by atoms with Crippen LogP contribution in [0, 0.1) is 5.92 Å². The molecule has 4 rings (SSSR count). The van der Waals surface area contributed by atoms with Gasteiger partial charge in [-0.05, 0) is 71.6 Å². The Bertz CT molecular complexity index is 1850. The normalized spacial score (nSPS) is 28.8. The highest BCUT2D eigenvalue weighted by atomic mass is 35.5. The molecule has 1 unspecified atom stereocenters. The molecule has 8 atom stereocenters. The molecular weight excluding hydrogens is 848 g/mol. The van der Waals surface area contributed by atoms with Gasteiger partial charge in [0, 0.05) is 63.9 Å². The molecule has 1 aromatic rings. The Morgan fingerprint density at radius 2 is 1.92 bits per heavy atom. The number of benzene rings is 1. The topological polar surface area (TPSA) is 186 Å². The maximum atomic E-state index is 14.3. The van der Waals surface area contributed by atoms with Gasteiger partial charge in [0.15, 0.2) is 5.72 Å². The number of fused-ring (bicyclic) bond motifs is 5. The zero-order chi connectivity index (χ0) is 45.4. The number of halogens is 1. The zero-order valence-electron chi connectivity index (χ0n) is 37.1. The Balaban J connectivity index is 1.60. The molecule has 1 aromatic carbocycles. The van der Waals surface area contributed by atoms with Crippen LogP contribution in [0.25, 0.3) is 0 Å². The van der Waals surface area contributed by atoms with Crippen LogP contribution in [0.2, 0.25) is 5.02 Å². The first-order chi connectivity index (χ1) is 28.6. The number of aliphatic hydroxyl groups is 1. The standard InChI is InChI=1S/C43H63ClN4O11S2/c1-25-14-12-15-32(56-11)43(54)24-31(57-40(53)46-43)26(2)38-42(6,59-38)33(23-36(51)48(9)29-21-28(20-25)22-30(55-10)37(29)44)58-39(52)27(3)47(8)35(50)17-18-41(4,5)61-60-19-13-16-34(49)45-7/h12,14-15,21-22,26-27,31-33,38,54H,13,16-20,23-24H2,1-11H3,(H,45,49)(H,46,53)/b15-12+,25-14+/t26-,27+,31?,32-,33+,38+,42+,43+/m1/s1. The van der Waals surface area contributed by atoms with Crippen molar-refractivity contribution in [2.75, 3.05) is 46.0 Å². The predicted molar refractivity (Wildman–Crippen MR) is 238 cm³/mol. The molecule has 4 bridgehead atoms. The lowest BCUT2D eigenvalue weighted by Gasteiger charge is -2.42. The Hall–Kier alpha value is -3.48. The van der Waals surface area contributed by atoms with Crippen LogP contribution in [-0.2, 0) is 44.5 Å². The van der Waals surface area contributed by atoms with Gasteiger partial charge in [-0.1, -0.05) is 63.9 Å². The number of rotatable bonds is 14. The highest BCUT2D eigenvalue weighted by molar-refractivity contribution is 8.77. The fraction of sp³-hybridized carbons (Fsp3) is 0.651. The number of amides is 4. The molecule has 0 radical (unpaired) electrons. The summed E-state index contributed by atoms with van der Waals surface area (Å²) >= 11 is 6.80. The van der Waals surface area contributed by atoms with E-state index in [-0.39, 0.29) is 40.8 Å². The summed E-state index contributed by atoms with van der Waals surface area (Å²) in [5, 5.41) is 17.2. The number of epoxide rings is 1. The monoisotopic (exact) mass is 910 g/mol. The van der Waals surface area contributed by atoms with E-state index in [1.54, 1.807) is 87.8 Å². The Labute approximate surface area is 372 Å². The molecule has 340 valence electrons. The van der Waals surface area contributed by atoms with E-state index in [9.17, 15) is 29.1 Å². The molecule has 0 aliphatic carbocycles. The van der Waals surface area contributed by atoms with Crippen LogP contribution in [0.1, 0.15) is 85.6 Å². The number of allylic oxidation sites excluding steroid dienone is 3. The van der Waals surface area contributed by atoms with Crippen molar-refractivity contribution in [2.24, 2.45) is 5.92 Å². The molecule has 0 spiro atoms. The molecule has 2 saturated heterocycles. The van der Waals surface area contributed by atoms with E-state index in [1.165, 1.54) is 24.0 Å². The molecule has 0 saturated carbocycles. The largest absolute Gasteiger partial charge is 0.495 e. The average molecular weight is 912 g/mol. The molecule has 3 aliphatic rings. The molecule has 3 aliphatic heterocycles. The van der Waals surface area contributed by atoms with Crippen LogP contribution >= 0.6 is 33.2 Å². The van der Waals surface area contributed by atoms with Crippen molar-refractivity contribution in [1.29, 1.82) is 0 Å². The van der Waals surface area contributed by atoms with Crippen LogP contribution in [0.4, 0.5) is 10.5 Å². The molecule has 18 heteroatoms. The van der Waals surface area contributed by atoms with Gasteiger partial charge >= 0.3 is 12.1 Å². The lowest BCUT2D eigenvalue weighted by molar-refractivity contribution is -0.162. The minimum atomic E-state index is -1.84. The SMILES string of the molecule is CNC(=O)CCCSSC(C)(C)CCC(=O)N(C)[C@@H](C)C(=O)O[C@H]1CC(=O)N(C)c2cc(cc(OC)c2Cl)C/C(C)=C/C=C/[C@@H](OC)[C@@]2(O)CC(OC(=O)N2)[C@@H](C)[C@@H]2O[C@@]12C. The van der Waals surface area contributed by atoms with Gasteiger partial charge in [0.1, 0.15) is 40.7 Å². The number of methoxy groups -OCH3 is 2. The van der Waals surface area contributed by atoms with Crippen molar-refractivity contribution >= 4 is 68.7 Å². The van der Waals surface area contributed by atoms with E-state index in [2.05, 4.69) is 10.6 Å². The minimum absolute atomic E-state index is 0.00290.